The van der Waals surface area contributed by atoms with E-state index in [1.54, 1.807) is 35.3 Å². The summed E-state index contributed by atoms with van der Waals surface area (Å²) in [6, 6.07) is 11.7. The maximum absolute atomic E-state index is 13.0. The number of hydrogen-bond donors (Lipinski definition) is 1. The highest BCUT2D eigenvalue weighted by molar-refractivity contribution is 5.64. The van der Waals surface area contributed by atoms with Gasteiger partial charge in [-0.2, -0.15) is 5.10 Å². The molecule has 4 nitrogen and oxygen atoms in total. The molecule has 0 spiro atoms. The molecule has 0 atom stereocenters. The Labute approximate surface area is 109 Å². The van der Waals surface area contributed by atoms with Gasteiger partial charge in [-0.3, -0.25) is 0 Å². The SMILES string of the molecule is Nc1cc(-c2ccnn2-c2ccc(F)cc2)ccn1. The van der Waals surface area contributed by atoms with E-state index in [0.29, 0.717) is 5.82 Å². The zero-order valence-corrected chi connectivity index (χ0v) is 9.99. The molecule has 94 valence electrons. The first-order valence-electron chi connectivity index (χ1n) is 5.76. The predicted molar refractivity (Wildman–Crippen MR) is 71.2 cm³/mol. The van der Waals surface area contributed by atoms with Gasteiger partial charge in [-0.1, -0.05) is 0 Å². The maximum atomic E-state index is 13.0. The van der Waals surface area contributed by atoms with E-state index in [4.69, 9.17) is 5.73 Å². The third-order valence-electron chi connectivity index (χ3n) is 2.79. The van der Waals surface area contributed by atoms with Crippen molar-refractivity contribution >= 4 is 5.82 Å². The quantitative estimate of drug-likeness (QED) is 0.764. The minimum atomic E-state index is -0.273. The number of anilines is 1. The largest absolute Gasteiger partial charge is 0.384 e. The fourth-order valence-electron chi connectivity index (χ4n) is 1.92. The number of aromatic nitrogens is 3. The fourth-order valence-corrected chi connectivity index (χ4v) is 1.92. The molecule has 19 heavy (non-hydrogen) atoms. The summed E-state index contributed by atoms with van der Waals surface area (Å²) in [5.74, 6) is 0.176. The summed E-state index contributed by atoms with van der Waals surface area (Å²) in [4.78, 5) is 3.96. The van der Waals surface area contributed by atoms with Crippen molar-refractivity contribution in [3.63, 3.8) is 0 Å². The molecule has 0 aliphatic heterocycles. The van der Waals surface area contributed by atoms with Crippen LogP contribution in [0.2, 0.25) is 0 Å². The lowest BCUT2D eigenvalue weighted by molar-refractivity contribution is 0.627. The molecule has 0 aliphatic carbocycles. The summed E-state index contributed by atoms with van der Waals surface area (Å²) in [5.41, 5.74) is 8.26. The van der Waals surface area contributed by atoms with Gasteiger partial charge in [-0.25, -0.2) is 14.1 Å². The molecule has 0 saturated heterocycles. The summed E-state index contributed by atoms with van der Waals surface area (Å²) in [7, 11) is 0. The van der Waals surface area contributed by atoms with Gasteiger partial charge < -0.3 is 5.73 Å². The number of nitrogens with zero attached hydrogens (tertiary/aromatic N) is 3. The molecule has 0 unspecified atom stereocenters. The topological polar surface area (TPSA) is 56.7 Å². The van der Waals surface area contributed by atoms with Crippen LogP contribution in [0.25, 0.3) is 16.9 Å². The second-order valence-electron chi connectivity index (χ2n) is 4.07. The third kappa shape index (κ3) is 2.18. The van der Waals surface area contributed by atoms with Crippen molar-refractivity contribution in [1.29, 1.82) is 0 Å². The summed E-state index contributed by atoms with van der Waals surface area (Å²) in [5, 5.41) is 4.26. The van der Waals surface area contributed by atoms with E-state index >= 15 is 0 Å². The summed E-state index contributed by atoms with van der Waals surface area (Å²) >= 11 is 0. The zero-order chi connectivity index (χ0) is 13.2. The van der Waals surface area contributed by atoms with Gasteiger partial charge in [0.1, 0.15) is 11.6 Å². The van der Waals surface area contributed by atoms with Gasteiger partial charge in [-0.15, -0.1) is 0 Å². The van der Waals surface area contributed by atoms with Crippen LogP contribution < -0.4 is 5.73 Å². The van der Waals surface area contributed by atoms with Crippen LogP contribution in [0.5, 0.6) is 0 Å². The van der Waals surface area contributed by atoms with Gasteiger partial charge in [0.2, 0.25) is 0 Å². The normalized spacial score (nSPS) is 10.6. The Kier molecular flexibility index (Phi) is 2.72. The van der Waals surface area contributed by atoms with Crippen LogP contribution in [0, 0.1) is 5.82 Å². The average molecular weight is 254 g/mol. The highest BCUT2D eigenvalue weighted by atomic mass is 19.1. The first kappa shape index (κ1) is 11.4. The van der Waals surface area contributed by atoms with Crippen LogP contribution in [-0.2, 0) is 0 Å². The van der Waals surface area contributed by atoms with Crippen LogP contribution >= 0.6 is 0 Å². The van der Waals surface area contributed by atoms with Crippen molar-refractivity contribution in [2.24, 2.45) is 0 Å². The molecule has 5 heteroatoms. The first-order chi connectivity index (χ1) is 9.24. The average Bonchev–Trinajstić information content (AvgIpc) is 2.89. The Balaban J connectivity index is 2.10. The molecule has 0 fully saturated rings. The Morgan fingerprint density at radius 3 is 2.53 bits per heavy atom. The molecule has 0 aliphatic rings. The molecule has 2 heterocycles. The van der Waals surface area contributed by atoms with Crippen LogP contribution in [-0.4, -0.2) is 14.8 Å². The number of rotatable bonds is 2. The molecule has 2 N–H and O–H groups in total. The standard InChI is InChI=1S/C14H11FN4/c15-11-1-3-12(4-2-11)19-13(6-8-18-19)10-5-7-17-14(16)9-10/h1-9H,(H2,16,17). The zero-order valence-electron chi connectivity index (χ0n) is 9.99. The highest BCUT2D eigenvalue weighted by Gasteiger charge is 2.07. The maximum Gasteiger partial charge on any atom is 0.123 e. The van der Waals surface area contributed by atoms with E-state index in [9.17, 15) is 4.39 Å². The Morgan fingerprint density at radius 2 is 1.79 bits per heavy atom. The number of nitrogens with two attached hydrogens (primary N) is 1. The Bertz CT molecular complexity index is 703. The van der Waals surface area contributed by atoms with Crippen LogP contribution in [0.3, 0.4) is 0 Å². The summed E-state index contributed by atoms with van der Waals surface area (Å²) in [6.07, 6.45) is 3.34. The van der Waals surface area contributed by atoms with Crippen molar-refractivity contribution in [2.75, 3.05) is 5.73 Å². The third-order valence-corrected chi connectivity index (χ3v) is 2.79. The Morgan fingerprint density at radius 1 is 1.00 bits per heavy atom. The summed E-state index contributed by atoms with van der Waals surface area (Å²) in [6.45, 7) is 0. The second kappa shape index (κ2) is 4.53. The number of halogens is 1. The molecular formula is C14H11FN4. The van der Waals surface area contributed by atoms with Crippen LogP contribution in [0.1, 0.15) is 0 Å². The van der Waals surface area contributed by atoms with Gasteiger partial charge in [0.25, 0.3) is 0 Å². The van der Waals surface area contributed by atoms with E-state index in [-0.39, 0.29) is 5.82 Å². The van der Waals surface area contributed by atoms with Crippen molar-refractivity contribution in [1.82, 2.24) is 14.8 Å². The number of nitrogen functional groups attached to an aromatic ring is 1. The van der Waals surface area contributed by atoms with Gasteiger partial charge in [0, 0.05) is 11.8 Å². The summed E-state index contributed by atoms with van der Waals surface area (Å²) < 4.78 is 14.7. The van der Waals surface area contributed by atoms with E-state index in [1.165, 1.54) is 12.1 Å². The minimum Gasteiger partial charge on any atom is -0.384 e. The molecule has 0 amide bonds. The highest BCUT2D eigenvalue weighted by Crippen LogP contribution is 2.23. The monoisotopic (exact) mass is 254 g/mol. The molecule has 2 aromatic heterocycles. The van der Waals surface area contributed by atoms with E-state index in [0.717, 1.165) is 16.9 Å². The fraction of sp³-hybridized carbons (Fsp3) is 0. The second-order valence-corrected chi connectivity index (χ2v) is 4.07. The number of pyridine rings is 1. The first-order valence-corrected chi connectivity index (χ1v) is 5.76. The number of hydrogen-bond acceptors (Lipinski definition) is 3. The van der Waals surface area contributed by atoms with Crippen LogP contribution in [0.15, 0.2) is 54.9 Å². The van der Waals surface area contributed by atoms with Gasteiger partial charge >= 0.3 is 0 Å². The molecule has 0 bridgehead atoms. The van der Waals surface area contributed by atoms with E-state index < -0.39 is 0 Å². The molecule has 3 rings (SSSR count). The molecule has 3 aromatic rings. The molecule has 0 saturated carbocycles. The molecule has 1 aromatic carbocycles. The van der Waals surface area contributed by atoms with Gasteiger partial charge in [0.05, 0.1) is 17.6 Å². The minimum absolute atomic E-state index is 0.273. The van der Waals surface area contributed by atoms with Crippen molar-refractivity contribution in [2.45, 2.75) is 0 Å². The van der Waals surface area contributed by atoms with Crippen molar-refractivity contribution in [3.05, 3.63) is 60.7 Å². The lowest BCUT2D eigenvalue weighted by Crippen LogP contribution is -1.99. The van der Waals surface area contributed by atoms with Gasteiger partial charge in [0.15, 0.2) is 0 Å². The lowest BCUT2D eigenvalue weighted by Gasteiger charge is -2.07. The molecular weight excluding hydrogens is 243 g/mol. The predicted octanol–water partition coefficient (Wildman–Crippen LogP) is 2.66. The smallest absolute Gasteiger partial charge is 0.123 e. The van der Waals surface area contributed by atoms with Crippen LogP contribution in [0.4, 0.5) is 10.2 Å². The van der Waals surface area contributed by atoms with E-state index in [2.05, 4.69) is 10.1 Å². The van der Waals surface area contributed by atoms with Crippen molar-refractivity contribution < 1.29 is 4.39 Å². The van der Waals surface area contributed by atoms with Gasteiger partial charge in [-0.05, 0) is 42.5 Å². The van der Waals surface area contributed by atoms with Crippen molar-refractivity contribution in [3.8, 4) is 16.9 Å². The Hall–Kier alpha value is -2.69. The number of benzene rings is 1. The lowest BCUT2D eigenvalue weighted by atomic mass is 10.2. The molecule has 0 radical (unpaired) electrons. The van der Waals surface area contributed by atoms with E-state index in [1.807, 2.05) is 12.1 Å².